The summed E-state index contributed by atoms with van der Waals surface area (Å²) in [6.45, 7) is 1.86. The molecule has 2 amide bonds. The molecular formula is C26H24N2O6. The minimum absolute atomic E-state index is 0.0946. The van der Waals surface area contributed by atoms with E-state index in [2.05, 4.69) is 10.6 Å². The Bertz CT molecular complexity index is 1210. The number of carboxylic acids is 1. The third kappa shape index (κ3) is 4.56. The average Bonchev–Trinajstić information content (AvgIpc) is 3.14. The van der Waals surface area contributed by atoms with Crippen LogP contribution < -0.4 is 10.6 Å². The molecule has 0 saturated heterocycles. The first kappa shape index (κ1) is 22.8. The number of fused-ring (bicyclic) bond motifs is 3. The third-order valence-corrected chi connectivity index (χ3v) is 5.86. The number of carbonyl (C=O) groups is 3. The van der Waals surface area contributed by atoms with Crippen LogP contribution in [0.5, 0.6) is 5.75 Å². The first-order valence-corrected chi connectivity index (χ1v) is 10.9. The molecule has 0 fully saturated rings. The molecule has 0 spiro atoms. The number of hydrogen-bond acceptors (Lipinski definition) is 5. The second kappa shape index (κ2) is 9.66. The number of phenols is 1. The molecule has 0 radical (unpaired) electrons. The quantitative estimate of drug-likeness (QED) is 0.416. The van der Waals surface area contributed by atoms with Crippen molar-refractivity contribution in [2.45, 2.75) is 25.3 Å². The zero-order chi connectivity index (χ0) is 24.2. The minimum Gasteiger partial charge on any atom is -0.507 e. The van der Waals surface area contributed by atoms with Crippen LogP contribution in [0.1, 0.15) is 40.7 Å². The Hall–Kier alpha value is -4.33. The summed E-state index contributed by atoms with van der Waals surface area (Å²) >= 11 is 0. The number of anilines is 1. The maximum absolute atomic E-state index is 12.6. The molecule has 4 N–H and O–H groups in total. The number of aromatic carboxylic acids is 1. The Morgan fingerprint density at radius 2 is 1.59 bits per heavy atom. The van der Waals surface area contributed by atoms with Gasteiger partial charge in [-0.2, -0.15) is 0 Å². The molecule has 0 aliphatic heterocycles. The van der Waals surface area contributed by atoms with Gasteiger partial charge in [0, 0.05) is 17.7 Å². The van der Waals surface area contributed by atoms with Gasteiger partial charge in [0.1, 0.15) is 24.0 Å². The normalized spacial score (nSPS) is 12.9. The molecule has 0 bridgehead atoms. The van der Waals surface area contributed by atoms with Crippen LogP contribution >= 0.6 is 0 Å². The lowest BCUT2D eigenvalue weighted by atomic mass is 9.98. The molecule has 4 rings (SSSR count). The van der Waals surface area contributed by atoms with E-state index in [4.69, 9.17) is 9.84 Å². The molecule has 174 valence electrons. The Labute approximate surface area is 196 Å². The summed E-state index contributed by atoms with van der Waals surface area (Å²) in [5, 5.41) is 23.9. The summed E-state index contributed by atoms with van der Waals surface area (Å²) in [4.78, 5) is 36.1. The Balaban J connectivity index is 1.38. The van der Waals surface area contributed by atoms with Gasteiger partial charge in [0.2, 0.25) is 5.91 Å². The lowest BCUT2D eigenvalue weighted by Crippen LogP contribution is -2.43. The molecule has 0 heterocycles. The summed E-state index contributed by atoms with van der Waals surface area (Å²) in [7, 11) is 0. The van der Waals surface area contributed by atoms with Crippen molar-refractivity contribution in [1.29, 1.82) is 0 Å². The van der Waals surface area contributed by atoms with Crippen molar-refractivity contribution in [3.05, 3.63) is 83.4 Å². The van der Waals surface area contributed by atoms with E-state index < -0.39 is 29.8 Å². The van der Waals surface area contributed by atoms with Crippen LogP contribution in [0, 0.1) is 0 Å². The van der Waals surface area contributed by atoms with E-state index in [-0.39, 0.29) is 23.8 Å². The van der Waals surface area contributed by atoms with E-state index in [0.717, 1.165) is 28.3 Å². The number of benzene rings is 3. The van der Waals surface area contributed by atoms with Crippen LogP contribution in [0.25, 0.3) is 11.1 Å². The van der Waals surface area contributed by atoms with E-state index in [9.17, 15) is 19.5 Å². The van der Waals surface area contributed by atoms with Crippen molar-refractivity contribution in [3.8, 4) is 16.9 Å². The molecule has 1 aliphatic carbocycles. The molecule has 3 aromatic rings. The molecule has 34 heavy (non-hydrogen) atoms. The van der Waals surface area contributed by atoms with Gasteiger partial charge in [0.25, 0.3) is 0 Å². The van der Waals surface area contributed by atoms with E-state index in [1.54, 1.807) is 6.92 Å². The zero-order valence-corrected chi connectivity index (χ0v) is 18.4. The number of aromatic hydroxyl groups is 1. The van der Waals surface area contributed by atoms with Gasteiger partial charge in [-0.15, -0.1) is 0 Å². The number of carbonyl (C=O) groups excluding carboxylic acids is 2. The molecule has 1 atom stereocenters. The highest BCUT2D eigenvalue weighted by molar-refractivity contribution is 5.98. The fraction of sp³-hybridized carbons (Fsp3) is 0.192. The lowest BCUT2D eigenvalue weighted by molar-refractivity contribution is -0.118. The summed E-state index contributed by atoms with van der Waals surface area (Å²) in [6, 6.07) is 18.8. The van der Waals surface area contributed by atoms with Gasteiger partial charge in [-0.05, 0) is 40.8 Å². The average molecular weight is 460 g/mol. The number of nitrogens with one attached hydrogen (secondary N) is 2. The highest BCUT2D eigenvalue weighted by Crippen LogP contribution is 2.44. The van der Waals surface area contributed by atoms with Crippen LogP contribution in [0.3, 0.4) is 0 Å². The van der Waals surface area contributed by atoms with Gasteiger partial charge < -0.3 is 25.6 Å². The number of hydrogen-bond donors (Lipinski definition) is 4. The molecule has 0 unspecified atom stereocenters. The van der Waals surface area contributed by atoms with Gasteiger partial charge >= 0.3 is 12.1 Å². The van der Waals surface area contributed by atoms with Crippen molar-refractivity contribution in [1.82, 2.24) is 5.32 Å². The van der Waals surface area contributed by atoms with E-state index in [0.29, 0.717) is 6.42 Å². The first-order valence-electron chi connectivity index (χ1n) is 10.9. The zero-order valence-electron chi connectivity index (χ0n) is 18.4. The Morgan fingerprint density at radius 1 is 0.971 bits per heavy atom. The number of ether oxygens (including phenoxy) is 1. The van der Waals surface area contributed by atoms with Crippen LogP contribution in [-0.2, 0) is 9.53 Å². The molecule has 1 aliphatic rings. The standard InChI is InChI=1S/C26H24N2O6/c1-2-22(24(30)27-15-11-12-20(25(31)32)23(29)13-15)28-26(33)34-14-21-18-9-5-3-7-16(18)17-8-4-6-10-19(17)21/h3-13,21-22,29H,2,14H2,1H3,(H,27,30)(H,28,33)(H,31,32)/t22-/m1/s1. The molecular weight excluding hydrogens is 436 g/mol. The van der Waals surface area contributed by atoms with Crippen molar-refractivity contribution in [2.24, 2.45) is 0 Å². The Morgan fingerprint density at radius 3 is 2.15 bits per heavy atom. The summed E-state index contributed by atoms with van der Waals surface area (Å²) in [6.07, 6.45) is -0.414. The predicted molar refractivity (Wildman–Crippen MR) is 126 cm³/mol. The third-order valence-electron chi connectivity index (χ3n) is 5.86. The van der Waals surface area contributed by atoms with Crippen LogP contribution in [0.15, 0.2) is 66.7 Å². The van der Waals surface area contributed by atoms with Crippen LogP contribution in [0.4, 0.5) is 10.5 Å². The van der Waals surface area contributed by atoms with Crippen molar-refractivity contribution >= 4 is 23.7 Å². The predicted octanol–water partition coefficient (Wildman–Crippen LogP) is 4.35. The Kier molecular flexibility index (Phi) is 6.49. The number of carboxylic acid groups (broad SMARTS) is 1. The summed E-state index contributed by atoms with van der Waals surface area (Å²) in [5.74, 6) is -2.36. The maximum atomic E-state index is 12.6. The van der Waals surface area contributed by atoms with Crippen molar-refractivity contribution in [2.75, 3.05) is 11.9 Å². The van der Waals surface area contributed by atoms with E-state index >= 15 is 0 Å². The summed E-state index contributed by atoms with van der Waals surface area (Å²) < 4.78 is 5.50. The largest absolute Gasteiger partial charge is 0.507 e. The van der Waals surface area contributed by atoms with Crippen LogP contribution in [-0.4, -0.2) is 40.8 Å². The van der Waals surface area contributed by atoms with Crippen LogP contribution in [0.2, 0.25) is 0 Å². The maximum Gasteiger partial charge on any atom is 0.407 e. The fourth-order valence-electron chi connectivity index (χ4n) is 4.15. The lowest BCUT2D eigenvalue weighted by Gasteiger charge is -2.19. The molecule has 8 heteroatoms. The second-order valence-electron chi connectivity index (χ2n) is 7.96. The van der Waals surface area contributed by atoms with Crippen molar-refractivity contribution < 1.29 is 29.3 Å². The second-order valence-corrected chi connectivity index (χ2v) is 7.96. The topological polar surface area (TPSA) is 125 Å². The van der Waals surface area contributed by atoms with Gasteiger partial charge in [0.15, 0.2) is 0 Å². The minimum atomic E-state index is -1.28. The smallest absolute Gasteiger partial charge is 0.407 e. The molecule has 8 nitrogen and oxygen atoms in total. The number of alkyl carbamates (subject to hydrolysis) is 1. The fourth-order valence-corrected chi connectivity index (χ4v) is 4.15. The highest BCUT2D eigenvalue weighted by atomic mass is 16.5. The highest BCUT2D eigenvalue weighted by Gasteiger charge is 2.29. The van der Waals surface area contributed by atoms with Gasteiger partial charge in [-0.25, -0.2) is 9.59 Å². The first-order chi connectivity index (χ1) is 16.4. The number of rotatable bonds is 7. The van der Waals surface area contributed by atoms with Gasteiger partial charge in [0.05, 0.1) is 0 Å². The number of amides is 2. The molecule has 0 saturated carbocycles. The SMILES string of the molecule is CC[C@@H](NC(=O)OCC1c2ccccc2-c2ccccc21)C(=O)Nc1ccc(C(=O)O)c(O)c1. The summed E-state index contributed by atoms with van der Waals surface area (Å²) in [5.41, 5.74) is 4.35. The van der Waals surface area contributed by atoms with E-state index in [1.165, 1.54) is 12.1 Å². The van der Waals surface area contributed by atoms with Crippen molar-refractivity contribution in [3.63, 3.8) is 0 Å². The van der Waals surface area contributed by atoms with Gasteiger partial charge in [-0.1, -0.05) is 55.5 Å². The van der Waals surface area contributed by atoms with Gasteiger partial charge in [-0.3, -0.25) is 4.79 Å². The molecule has 3 aromatic carbocycles. The molecule has 0 aromatic heterocycles. The van der Waals surface area contributed by atoms with E-state index in [1.807, 2.05) is 48.5 Å². The monoisotopic (exact) mass is 460 g/mol.